The molecule has 0 atom stereocenters. The van der Waals surface area contributed by atoms with E-state index in [9.17, 15) is 4.79 Å². The van der Waals surface area contributed by atoms with Crippen molar-refractivity contribution in [2.75, 3.05) is 5.32 Å². The van der Waals surface area contributed by atoms with Gasteiger partial charge >= 0.3 is 0 Å². The number of aromatic nitrogens is 1. The lowest BCUT2D eigenvalue weighted by Crippen LogP contribution is -2.34. The van der Waals surface area contributed by atoms with Crippen LogP contribution in [-0.2, 0) is 0 Å². The number of amides is 1. The van der Waals surface area contributed by atoms with E-state index in [0.29, 0.717) is 16.3 Å². The lowest BCUT2D eigenvalue weighted by molar-refractivity contribution is 0.0978. The van der Waals surface area contributed by atoms with Crippen LogP contribution in [-0.4, -0.2) is 16.0 Å². The summed E-state index contributed by atoms with van der Waals surface area (Å²) < 4.78 is 0. The van der Waals surface area contributed by atoms with Crippen molar-refractivity contribution in [3.8, 4) is 0 Å². The van der Waals surface area contributed by atoms with Gasteiger partial charge in [0.25, 0.3) is 5.91 Å². The molecular formula is C13H9Cl2N3OS. The molecule has 1 aromatic carbocycles. The molecule has 4 nitrogen and oxygen atoms in total. The van der Waals surface area contributed by atoms with Crippen LogP contribution in [0.5, 0.6) is 0 Å². The van der Waals surface area contributed by atoms with Gasteiger partial charge in [-0.05, 0) is 36.5 Å². The number of carbonyl (C=O) groups excluding carboxylic acids is 1. The number of hydrogen-bond acceptors (Lipinski definition) is 3. The van der Waals surface area contributed by atoms with Crippen molar-refractivity contribution in [3.63, 3.8) is 0 Å². The summed E-state index contributed by atoms with van der Waals surface area (Å²) in [6.07, 6.45) is 1.55. The first-order valence-corrected chi connectivity index (χ1v) is 6.71. The molecule has 0 radical (unpaired) electrons. The zero-order valence-corrected chi connectivity index (χ0v) is 12.4. The number of nitrogens with one attached hydrogen (secondary N) is 2. The third-order valence-electron chi connectivity index (χ3n) is 2.35. The highest BCUT2D eigenvalue weighted by atomic mass is 35.5. The molecule has 0 aliphatic carbocycles. The minimum atomic E-state index is -0.395. The predicted molar refractivity (Wildman–Crippen MR) is 84.4 cm³/mol. The van der Waals surface area contributed by atoms with Gasteiger partial charge in [0.05, 0.1) is 16.3 Å². The van der Waals surface area contributed by atoms with Crippen LogP contribution in [0.15, 0.2) is 42.6 Å². The van der Waals surface area contributed by atoms with E-state index in [1.165, 1.54) is 0 Å². The summed E-state index contributed by atoms with van der Waals surface area (Å²) in [4.78, 5) is 15.9. The summed E-state index contributed by atoms with van der Waals surface area (Å²) in [6, 6.07) is 10.1. The molecule has 0 saturated heterocycles. The van der Waals surface area contributed by atoms with Gasteiger partial charge in [-0.2, -0.15) is 0 Å². The van der Waals surface area contributed by atoms with E-state index in [-0.39, 0.29) is 10.3 Å². The Morgan fingerprint density at radius 1 is 1.15 bits per heavy atom. The predicted octanol–water partition coefficient (Wildman–Crippen LogP) is 3.52. The molecule has 2 aromatic rings. The molecule has 20 heavy (non-hydrogen) atoms. The first kappa shape index (κ1) is 14.7. The van der Waals surface area contributed by atoms with Gasteiger partial charge in [0, 0.05) is 6.20 Å². The number of hydrogen-bond donors (Lipinski definition) is 2. The van der Waals surface area contributed by atoms with Crippen molar-refractivity contribution in [2.45, 2.75) is 0 Å². The van der Waals surface area contributed by atoms with Crippen molar-refractivity contribution in [3.05, 3.63) is 58.3 Å². The molecule has 0 unspecified atom stereocenters. The highest BCUT2D eigenvalue weighted by Crippen LogP contribution is 2.17. The summed E-state index contributed by atoms with van der Waals surface area (Å²) in [5.74, 6) is -0.395. The standard InChI is InChI=1S/C13H9Cl2N3OS/c14-9-5-2-1-4-8(9)12(19)18-13(20)17-10-6-3-7-16-11(10)15/h1-7H,(H2,17,18,19,20). The maximum absolute atomic E-state index is 12.0. The van der Waals surface area contributed by atoms with Crippen LogP contribution in [0.25, 0.3) is 0 Å². The summed E-state index contributed by atoms with van der Waals surface area (Å²) in [5, 5.41) is 6.05. The summed E-state index contributed by atoms with van der Waals surface area (Å²) in [7, 11) is 0. The van der Waals surface area contributed by atoms with Crippen molar-refractivity contribution >= 4 is 52.1 Å². The second kappa shape index (κ2) is 6.65. The summed E-state index contributed by atoms with van der Waals surface area (Å²) >= 11 is 16.9. The Morgan fingerprint density at radius 3 is 2.60 bits per heavy atom. The van der Waals surface area contributed by atoms with Gasteiger partial charge in [-0.3, -0.25) is 10.1 Å². The molecule has 0 bridgehead atoms. The Bertz CT molecular complexity index is 664. The molecule has 7 heteroatoms. The maximum atomic E-state index is 12.0. The molecule has 102 valence electrons. The van der Waals surface area contributed by atoms with Gasteiger partial charge in [0.15, 0.2) is 10.3 Å². The first-order chi connectivity index (χ1) is 9.58. The highest BCUT2D eigenvalue weighted by molar-refractivity contribution is 7.80. The van der Waals surface area contributed by atoms with Crippen LogP contribution in [0.1, 0.15) is 10.4 Å². The van der Waals surface area contributed by atoms with Crippen molar-refractivity contribution in [2.24, 2.45) is 0 Å². The lowest BCUT2D eigenvalue weighted by atomic mass is 10.2. The quantitative estimate of drug-likeness (QED) is 0.655. The molecule has 2 N–H and O–H groups in total. The second-order valence-corrected chi connectivity index (χ2v) is 4.90. The average Bonchev–Trinajstić information content (AvgIpc) is 2.41. The SMILES string of the molecule is O=C(NC(=S)Nc1cccnc1Cl)c1ccccc1Cl. The fourth-order valence-electron chi connectivity index (χ4n) is 1.45. The molecule has 1 aromatic heterocycles. The number of anilines is 1. The van der Waals surface area contributed by atoms with E-state index in [1.807, 2.05) is 0 Å². The number of pyridine rings is 1. The van der Waals surface area contributed by atoms with Gasteiger partial charge in [-0.15, -0.1) is 0 Å². The normalized spacial score (nSPS) is 9.90. The van der Waals surface area contributed by atoms with Gasteiger partial charge < -0.3 is 5.32 Å². The van der Waals surface area contributed by atoms with E-state index >= 15 is 0 Å². The van der Waals surface area contributed by atoms with Gasteiger partial charge in [0.2, 0.25) is 0 Å². The third-order valence-corrected chi connectivity index (χ3v) is 3.19. The Morgan fingerprint density at radius 2 is 1.90 bits per heavy atom. The molecule has 2 rings (SSSR count). The van der Waals surface area contributed by atoms with E-state index in [1.54, 1.807) is 42.6 Å². The van der Waals surface area contributed by atoms with Gasteiger partial charge in [0.1, 0.15) is 0 Å². The fraction of sp³-hybridized carbons (Fsp3) is 0. The lowest BCUT2D eigenvalue weighted by Gasteiger charge is -2.10. The Kier molecular flexibility index (Phi) is 4.89. The van der Waals surface area contributed by atoms with Crippen molar-refractivity contribution < 1.29 is 4.79 Å². The van der Waals surface area contributed by atoms with E-state index in [4.69, 9.17) is 35.4 Å². The molecule has 1 amide bonds. The Hall–Kier alpha value is -1.69. The van der Waals surface area contributed by atoms with Crippen LogP contribution in [0.3, 0.4) is 0 Å². The van der Waals surface area contributed by atoms with Gasteiger partial charge in [-0.1, -0.05) is 35.3 Å². The maximum Gasteiger partial charge on any atom is 0.258 e. The van der Waals surface area contributed by atoms with Crippen LogP contribution in [0.4, 0.5) is 5.69 Å². The van der Waals surface area contributed by atoms with Gasteiger partial charge in [-0.25, -0.2) is 4.98 Å². The minimum absolute atomic E-state index is 0.116. The molecule has 0 spiro atoms. The largest absolute Gasteiger partial charge is 0.330 e. The van der Waals surface area contributed by atoms with Crippen LogP contribution >= 0.6 is 35.4 Å². The molecule has 0 saturated carbocycles. The van der Waals surface area contributed by atoms with Crippen LogP contribution in [0, 0.1) is 0 Å². The number of halogens is 2. The van der Waals surface area contributed by atoms with E-state index < -0.39 is 5.91 Å². The van der Waals surface area contributed by atoms with Crippen molar-refractivity contribution in [1.82, 2.24) is 10.3 Å². The molecule has 0 aliphatic rings. The van der Waals surface area contributed by atoms with E-state index in [0.717, 1.165) is 0 Å². The number of thiocarbonyl (C=S) groups is 1. The summed E-state index contributed by atoms with van der Waals surface area (Å²) in [6.45, 7) is 0. The van der Waals surface area contributed by atoms with Crippen LogP contribution < -0.4 is 10.6 Å². The Balaban J connectivity index is 2.04. The smallest absolute Gasteiger partial charge is 0.258 e. The average molecular weight is 326 g/mol. The zero-order chi connectivity index (χ0) is 14.5. The molecule has 0 aliphatic heterocycles. The Labute approximate surface area is 131 Å². The number of nitrogens with zero attached hydrogens (tertiary/aromatic N) is 1. The fourth-order valence-corrected chi connectivity index (χ4v) is 2.04. The molecule has 0 fully saturated rings. The number of benzene rings is 1. The van der Waals surface area contributed by atoms with E-state index in [2.05, 4.69) is 15.6 Å². The van der Waals surface area contributed by atoms with Crippen LogP contribution in [0.2, 0.25) is 10.2 Å². The molecule has 1 heterocycles. The topological polar surface area (TPSA) is 54.0 Å². The monoisotopic (exact) mass is 325 g/mol. The minimum Gasteiger partial charge on any atom is -0.330 e. The summed E-state index contributed by atoms with van der Waals surface area (Å²) in [5.41, 5.74) is 0.856. The first-order valence-electron chi connectivity index (χ1n) is 5.55. The second-order valence-electron chi connectivity index (χ2n) is 3.73. The number of rotatable bonds is 2. The van der Waals surface area contributed by atoms with Crippen molar-refractivity contribution in [1.29, 1.82) is 0 Å². The number of carbonyl (C=O) groups is 1. The third kappa shape index (κ3) is 3.66. The zero-order valence-electron chi connectivity index (χ0n) is 10.1. The highest BCUT2D eigenvalue weighted by Gasteiger charge is 2.11. The molecular weight excluding hydrogens is 317 g/mol.